The van der Waals surface area contributed by atoms with E-state index >= 15 is 0 Å². The summed E-state index contributed by atoms with van der Waals surface area (Å²) in [5.41, 5.74) is 3.97. The van der Waals surface area contributed by atoms with Gasteiger partial charge in [0.2, 0.25) is 0 Å². The van der Waals surface area contributed by atoms with Crippen molar-refractivity contribution in [3.63, 3.8) is 0 Å². The molecule has 2 nitrogen and oxygen atoms in total. The minimum absolute atomic E-state index is 0.595. The minimum atomic E-state index is 0.595. The summed E-state index contributed by atoms with van der Waals surface area (Å²) in [5, 5.41) is 2.37. The van der Waals surface area contributed by atoms with E-state index in [0.29, 0.717) is 11.3 Å². The van der Waals surface area contributed by atoms with Crippen LogP contribution in [0, 0.1) is 23.2 Å². The summed E-state index contributed by atoms with van der Waals surface area (Å²) >= 11 is 0. The highest BCUT2D eigenvalue weighted by Crippen LogP contribution is 2.73. The van der Waals surface area contributed by atoms with Crippen LogP contribution in [0.3, 0.4) is 0 Å². The Bertz CT molecular complexity index is 945. The molecule has 0 saturated heterocycles. The van der Waals surface area contributed by atoms with Crippen LogP contribution in [0.5, 0.6) is 0 Å². The summed E-state index contributed by atoms with van der Waals surface area (Å²) < 4.78 is 0. The third-order valence-electron chi connectivity index (χ3n) is 7.03. The molecule has 4 atom stereocenters. The standard InChI is InChI=1S/C22H24N2/c1-13(2)22-11-17(14(3)18(22)12-22)19-9-8-16-7-6-15-5-4-10-23-20(15)21(16)24-19/h4-10,13-14,17-18H,11-12H2,1-3H3/t14?,17-,18?,22?/m0/s1. The normalized spacial score (nSPS) is 31.8. The molecule has 5 rings (SSSR count). The highest BCUT2D eigenvalue weighted by atomic mass is 14.8. The number of hydrogen-bond donors (Lipinski definition) is 0. The monoisotopic (exact) mass is 316 g/mol. The van der Waals surface area contributed by atoms with Crippen molar-refractivity contribution in [3.05, 3.63) is 48.3 Å². The van der Waals surface area contributed by atoms with Crippen LogP contribution >= 0.6 is 0 Å². The Morgan fingerprint density at radius 3 is 2.50 bits per heavy atom. The van der Waals surface area contributed by atoms with Crippen molar-refractivity contribution in [2.45, 2.75) is 39.5 Å². The number of rotatable bonds is 2. The lowest BCUT2D eigenvalue weighted by molar-refractivity contribution is 0.334. The fourth-order valence-electron chi connectivity index (χ4n) is 5.39. The second kappa shape index (κ2) is 4.78. The van der Waals surface area contributed by atoms with Crippen LogP contribution in [0.2, 0.25) is 0 Å². The molecule has 0 amide bonds. The zero-order valence-corrected chi connectivity index (χ0v) is 14.7. The maximum absolute atomic E-state index is 5.12. The molecule has 2 saturated carbocycles. The maximum atomic E-state index is 5.12. The molecule has 0 spiro atoms. The van der Waals surface area contributed by atoms with Crippen LogP contribution in [0.25, 0.3) is 21.8 Å². The molecular formula is C22H24N2. The van der Waals surface area contributed by atoms with Gasteiger partial charge in [0.05, 0.1) is 11.0 Å². The summed E-state index contributed by atoms with van der Waals surface area (Å²) in [6.07, 6.45) is 4.62. The van der Waals surface area contributed by atoms with Gasteiger partial charge in [-0.3, -0.25) is 9.97 Å². The fourth-order valence-corrected chi connectivity index (χ4v) is 5.39. The lowest BCUT2D eigenvalue weighted by Gasteiger charge is -2.21. The lowest BCUT2D eigenvalue weighted by atomic mass is 9.85. The van der Waals surface area contributed by atoms with Gasteiger partial charge in [0.25, 0.3) is 0 Å². The van der Waals surface area contributed by atoms with Crippen molar-refractivity contribution in [1.82, 2.24) is 9.97 Å². The topological polar surface area (TPSA) is 25.8 Å². The molecule has 3 aromatic rings. The Kier molecular flexibility index (Phi) is 2.87. The molecule has 122 valence electrons. The van der Waals surface area contributed by atoms with Gasteiger partial charge in [0, 0.05) is 28.6 Å². The molecular weight excluding hydrogens is 292 g/mol. The predicted octanol–water partition coefficient (Wildman–Crippen LogP) is 5.57. The summed E-state index contributed by atoms with van der Waals surface area (Å²) in [5.74, 6) is 3.05. The molecule has 1 aromatic carbocycles. The van der Waals surface area contributed by atoms with Crippen molar-refractivity contribution in [2.75, 3.05) is 0 Å². The molecule has 0 bridgehead atoms. The SMILES string of the molecule is CC1C2CC2(C(C)C)C[C@@H]1c1ccc2ccc3cccnc3c2n1. The highest BCUT2D eigenvalue weighted by molar-refractivity contribution is 6.02. The van der Waals surface area contributed by atoms with Crippen LogP contribution < -0.4 is 0 Å². The number of pyridine rings is 2. The van der Waals surface area contributed by atoms with Crippen molar-refractivity contribution >= 4 is 21.8 Å². The maximum Gasteiger partial charge on any atom is 0.0967 e. The molecule has 0 radical (unpaired) electrons. The Morgan fingerprint density at radius 2 is 1.75 bits per heavy atom. The number of fused-ring (bicyclic) bond motifs is 4. The second-order valence-electron chi connectivity index (χ2n) is 8.32. The smallest absolute Gasteiger partial charge is 0.0967 e. The molecule has 2 aliphatic rings. The Balaban J connectivity index is 1.62. The largest absolute Gasteiger partial charge is 0.254 e. The Morgan fingerprint density at radius 1 is 1.00 bits per heavy atom. The fraction of sp³-hybridized carbons (Fsp3) is 0.455. The van der Waals surface area contributed by atoms with E-state index in [9.17, 15) is 0 Å². The van der Waals surface area contributed by atoms with E-state index in [0.717, 1.165) is 28.8 Å². The molecule has 24 heavy (non-hydrogen) atoms. The molecule has 2 heterocycles. The van der Waals surface area contributed by atoms with E-state index in [1.807, 2.05) is 12.3 Å². The van der Waals surface area contributed by atoms with Crippen molar-refractivity contribution in [3.8, 4) is 0 Å². The van der Waals surface area contributed by atoms with Gasteiger partial charge in [-0.1, -0.05) is 45.0 Å². The zero-order valence-electron chi connectivity index (χ0n) is 14.7. The highest BCUT2D eigenvalue weighted by Gasteiger charge is 2.65. The van der Waals surface area contributed by atoms with E-state index in [-0.39, 0.29) is 0 Å². The van der Waals surface area contributed by atoms with Gasteiger partial charge in [-0.25, -0.2) is 0 Å². The summed E-state index contributed by atoms with van der Waals surface area (Å²) in [7, 11) is 0. The Labute approximate surface area is 143 Å². The Hall–Kier alpha value is -1.96. The summed E-state index contributed by atoms with van der Waals surface area (Å²) in [6.45, 7) is 7.25. The first-order valence-corrected chi connectivity index (χ1v) is 9.24. The number of aromatic nitrogens is 2. The first-order chi connectivity index (χ1) is 11.6. The van der Waals surface area contributed by atoms with Gasteiger partial charge in [-0.15, -0.1) is 0 Å². The molecule has 0 aliphatic heterocycles. The summed E-state index contributed by atoms with van der Waals surface area (Å²) in [6, 6.07) is 12.9. The van der Waals surface area contributed by atoms with E-state index < -0.39 is 0 Å². The van der Waals surface area contributed by atoms with Gasteiger partial charge in [-0.05, 0) is 48.1 Å². The first kappa shape index (κ1) is 14.4. The van der Waals surface area contributed by atoms with E-state index in [2.05, 4.69) is 56.1 Å². The molecule has 2 heteroatoms. The zero-order chi connectivity index (χ0) is 16.5. The van der Waals surface area contributed by atoms with Gasteiger partial charge in [0.1, 0.15) is 0 Å². The third kappa shape index (κ3) is 1.83. The van der Waals surface area contributed by atoms with E-state index in [4.69, 9.17) is 4.98 Å². The van der Waals surface area contributed by atoms with Crippen molar-refractivity contribution < 1.29 is 0 Å². The van der Waals surface area contributed by atoms with Gasteiger partial charge in [0.15, 0.2) is 0 Å². The van der Waals surface area contributed by atoms with E-state index in [1.54, 1.807) is 0 Å². The lowest BCUT2D eigenvalue weighted by Crippen LogP contribution is -2.11. The molecule has 2 aromatic heterocycles. The second-order valence-corrected chi connectivity index (χ2v) is 8.32. The number of nitrogens with zero attached hydrogens (tertiary/aromatic N) is 2. The van der Waals surface area contributed by atoms with Gasteiger partial charge < -0.3 is 0 Å². The number of hydrogen-bond acceptors (Lipinski definition) is 2. The van der Waals surface area contributed by atoms with Crippen LogP contribution in [-0.4, -0.2) is 9.97 Å². The van der Waals surface area contributed by atoms with Crippen molar-refractivity contribution in [1.29, 1.82) is 0 Å². The van der Waals surface area contributed by atoms with Crippen LogP contribution in [0.15, 0.2) is 42.6 Å². The average molecular weight is 316 g/mol. The third-order valence-corrected chi connectivity index (χ3v) is 7.03. The summed E-state index contributed by atoms with van der Waals surface area (Å²) in [4.78, 5) is 9.72. The quantitative estimate of drug-likeness (QED) is 0.578. The predicted molar refractivity (Wildman–Crippen MR) is 98.9 cm³/mol. The molecule has 3 unspecified atom stereocenters. The minimum Gasteiger partial charge on any atom is -0.254 e. The molecule has 2 fully saturated rings. The van der Waals surface area contributed by atoms with Crippen LogP contribution in [0.1, 0.15) is 45.2 Å². The average Bonchev–Trinajstić information content (AvgIpc) is 3.28. The molecule has 2 aliphatic carbocycles. The van der Waals surface area contributed by atoms with E-state index in [1.165, 1.54) is 29.3 Å². The van der Waals surface area contributed by atoms with Crippen LogP contribution in [0.4, 0.5) is 0 Å². The van der Waals surface area contributed by atoms with Crippen molar-refractivity contribution in [2.24, 2.45) is 23.2 Å². The van der Waals surface area contributed by atoms with Gasteiger partial charge >= 0.3 is 0 Å². The first-order valence-electron chi connectivity index (χ1n) is 9.24. The van der Waals surface area contributed by atoms with Gasteiger partial charge in [-0.2, -0.15) is 0 Å². The molecule has 0 N–H and O–H groups in total. The number of benzene rings is 1. The van der Waals surface area contributed by atoms with Crippen LogP contribution in [-0.2, 0) is 0 Å².